The molecule has 3 N–H and O–H groups in total. The zero-order chi connectivity index (χ0) is 12.3. The number of aryl methyl sites for hydroxylation is 1. The van der Waals surface area contributed by atoms with Gasteiger partial charge in [0.1, 0.15) is 5.82 Å². The number of ether oxygens (including phenoxy) is 1. The van der Waals surface area contributed by atoms with Gasteiger partial charge in [0.05, 0.1) is 23.5 Å². The number of nitrogens with one attached hydrogen (secondary N) is 1. The first-order valence-corrected chi connectivity index (χ1v) is 5.18. The van der Waals surface area contributed by atoms with E-state index in [2.05, 4.69) is 5.32 Å². The quantitative estimate of drug-likeness (QED) is 0.776. The largest absolute Gasteiger partial charge is 0.397 e. The number of hydrogen-bond donors (Lipinski definition) is 2. The topological polar surface area (TPSA) is 47.3 Å². The first-order valence-electron chi connectivity index (χ1n) is 5.18. The molecule has 0 radical (unpaired) electrons. The Bertz CT molecular complexity index is 378. The van der Waals surface area contributed by atoms with Gasteiger partial charge in [0, 0.05) is 7.11 Å². The molecule has 0 bridgehead atoms. The summed E-state index contributed by atoms with van der Waals surface area (Å²) in [6.07, 6.45) is 0. The molecule has 0 saturated heterocycles. The number of methoxy groups -OCH3 is 1. The van der Waals surface area contributed by atoms with E-state index in [9.17, 15) is 4.39 Å². The van der Waals surface area contributed by atoms with Gasteiger partial charge in [-0.3, -0.25) is 0 Å². The lowest BCUT2D eigenvalue weighted by Crippen LogP contribution is -2.36. The molecule has 0 aliphatic carbocycles. The van der Waals surface area contributed by atoms with Crippen molar-refractivity contribution < 1.29 is 9.13 Å². The molecule has 1 aromatic carbocycles. The summed E-state index contributed by atoms with van der Waals surface area (Å²) in [5.74, 6) is -0.285. The van der Waals surface area contributed by atoms with Crippen molar-refractivity contribution in [1.29, 1.82) is 0 Å². The van der Waals surface area contributed by atoms with Crippen LogP contribution in [0.5, 0.6) is 0 Å². The third-order valence-electron chi connectivity index (χ3n) is 2.31. The molecule has 1 aromatic rings. The highest BCUT2D eigenvalue weighted by atomic mass is 19.1. The molecular weight excluding hydrogens is 207 g/mol. The Hall–Kier alpha value is -1.29. The van der Waals surface area contributed by atoms with E-state index < -0.39 is 0 Å². The average Bonchev–Trinajstić information content (AvgIpc) is 2.13. The molecule has 0 spiro atoms. The van der Waals surface area contributed by atoms with E-state index in [1.165, 1.54) is 6.07 Å². The van der Waals surface area contributed by atoms with Crippen molar-refractivity contribution in [2.75, 3.05) is 24.8 Å². The van der Waals surface area contributed by atoms with Crippen LogP contribution in [-0.4, -0.2) is 19.3 Å². The van der Waals surface area contributed by atoms with E-state index in [1.807, 2.05) is 13.8 Å². The standard InChI is InChI=1S/C12H19FN2O/c1-8-5-11(10(14)6-9(8)13)15-12(2,3)7-16-4/h5-6,15H,7,14H2,1-4H3. The third-order valence-corrected chi connectivity index (χ3v) is 2.31. The Morgan fingerprint density at radius 2 is 2.06 bits per heavy atom. The zero-order valence-electron chi connectivity index (χ0n) is 10.2. The van der Waals surface area contributed by atoms with Gasteiger partial charge in [-0.1, -0.05) is 0 Å². The molecule has 4 heteroatoms. The Morgan fingerprint density at radius 3 is 2.62 bits per heavy atom. The fraction of sp³-hybridized carbons (Fsp3) is 0.500. The maximum absolute atomic E-state index is 13.2. The minimum atomic E-state index is -0.285. The smallest absolute Gasteiger partial charge is 0.128 e. The van der Waals surface area contributed by atoms with Crippen molar-refractivity contribution in [3.8, 4) is 0 Å². The van der Waals surface area contributed by atoms with Crippen LogP contribution in [0, 0.1) is 12.7 Å². The van der Waals surface area contributed by atoms with E-state index >= 15 is 0 Å². The number of anilines is 2. The summed E-state index contributed by atoms with van der Waals surface area (Å²) >= 11 is 0. The lowest BCUT2D eigenvalue weighted by molar-refractivity contribution is 0.158. The molecule has 90 valence electrons. The lowest BCUT2D eigenvalue weighted by Gasteiger charge is -2.27. The fourth-order valence-electron chi connectivity index (χ4n) is 1.57. The second-order valence-corrected chi connectivity index (χ2v) is 4.63. The Balaban J connectivity index is 2.93. The predicted octanol–water partition coefficient (Wildman–Crippen LogP) is 2.55. The van der Waals surface area contributed by atoms with Crippen molar-refractivity contribution in [3.63, 3.8) is 0 Å². The van der Waals surface area contributed by atoms with Gasteiger partial charge in [0.2, 0.25) is 0 Å². The van der Waals surface area contributed by atoms with Gasteiger partial charge in [-0.2, -0.15) is 0 Å². The summed E-state index contributed by atoms with van der Waals surface area (Å²) < 4.78 is 18.3. The van der Waals surface area contributed by atoms with Gasteiger partial charge in [-0.15, -0.1) is 0 Å². The molecule has 0 heterocycles. The minimum absolute atomic E-state index is 0.243. The molecule has 3 nitrogen and oxygen atoms in total. The highest BCUT2D eigenvalue weighted by Gasteiger charge is 2.18. The van der Waals surface area contributed by atoms with E-state index in [0.29, 0.717) is 17.9 Å². The number of benzene rings is 1. The third kappa shape index (κ3) is 3.10. The van der Waals surface area contributed by atoms with Crippen LogP contribution in [0.25, 0.3) is 0 Å². The number of halogens is 1. The molecule has 0 unspecified atom stereocenters. The van der Waals surface area contributed by atoms with Crippen LogP contribution in [0.2, 0.25) is 0 Å². The molecule has 0 fully saturated rings. The Morgan fingerprint density at radius 1 is 1.44 bits per heavy atom. The van der Waals surface area contributed by atoms with Gasteiger partial charge in [0.15, 0.2) is 0 Å². The van der Waals surface area contributed by atoms with Crippen molar-refractivity contribution in [2.24, 2.45) is 0 Å². The van der Waals surface area contributed by atoms with Crippen molar-refractivity contribution in [3.05, 3.63) is 23.5 Å². The normalized spacial score (nSPS) is 11.6. The molecule has 16 heavy (non-hydrogen) atoms. The fourth-order valence-corrected chi connectivity index (χ4v) is 1.57. The number of nitrogens with two attached hydrogens (primary N) is 1. The van der Waals surface area contributed by atoms with E-state index in [-0.39, 0.29) is 11.4 Å². The molecule has 0 amide bonds. The lowest BCUT2D eigenvalue weighted by atomic mass is 10.1. The van der Waals surface area contributed by atoms with Crippen molar-refractivity contribution >= 4 is 11.4 Å². The second kappa shape index (κ2) is 4.70. The molecule has 0 aliphatic rings. The molecule has 0 saturated carbocycles. The van der Waals surface area contributed by atoms with E-state index in [4.69, 9.17) is 10.5 Å². The predicted molar refractivity (Wildman–Crippen MR) is 65.1 cm³/mol. The average molecular weight is 226 g/mol. The van der Waals surface area contributed by atoms with Crippen LogP contribution in [0.3, 0.4) is 0 Å². The van der Waals surface area contributed by atoms with Crippen LogP contribution in [0.15, 0.2) is 12.1 Å². The van der Waals surface area contributed by atoms with Crippen LogP contribution in [0.4, 0.5) is 15.8 Å². The number of hydrogen-bond acceptors (Lipinski definition) is 3. The maximum atomic E-state index is 13.2. The van der Waals surface area contributed by atoms with Gasteiger partial charge in [0.25, 0.3) is 0 Å². The van der Waals surface area contributed by atoms with Crippen LogP contribution < -0.4 is 11.1 Å². The Kier molecular flexibility index (Phi) is 3.75. The highest BCUT2D eigenvalue weighted by Crippen LogP contribution is 2.25. The van der Waals surface area contributed by atoms with Gasteiger partial charge < -0.3 is 15.8 Å². The summed E-state index contributed by atoms with van der Waals surface area (Å²) in [7, 11) is 1.64. The van der Waals surface area contributed by atoms with Gasteiger partial charge in [-0.25, -0.2) is 4.39 Å². The van der Waals surface area contributed by atoms with E-state index in [0.717, 1.165) is 5.69 Å². The second-order valence-electron chi connectivity index (χ2n) is 4.63. The van der Waals surface area contributed by atoms with Crippen LogP contribution in [-0.2, 0) is 4.74 Å². The summed E-state index contributed by atoms with van der Waals surface area (Å²) in [5.41, 5.74) is 7.23. The molecule has 1 rings (SSSR count). The van der Waals surface area contributed by atoms with E-state index in [1.54, 1.807) is 20.1 Å². The number of nitrogen functional groups attached to an aromatic ring is 1. The maximum Gasteiger partial charge on any atom is 0.128 e. The van der Waals surface area contributed by atoms with Crippen molar-refractivity contribution in [1.82, 2.24) is 0 Å². The summed E-state index contributed by atoms with van der Waals surface area (Å²) in [6.45, 7) is 6.25. The summed E-state index contributed by atoms with van der Waals surface area (Å²) in [6, 6.07) is 3.04. The summed E-state index contributed by atoms with van der Waals surface area (Å²) in [4.78, 5) is 0. The molecule has 0 aromatic heterocycles. The molecular formula is C12H19FN2O. The number of rotatable bonds is 4. The Labute approximate surface area is 95.8 Å². The highest BCUT2D eigenvalue weighted by molar-refractivity contribution is 5.68. The van der Waals surface area contributed by atoms with Gasteiger partial charge >= 0.3 is 0 Å². The monoisotopic (exact) mass is 226 g/mol. The zero-order valence-corrected chi connectivity index (χ0v) is 10.2. The first-order chi connectivity index (χ1) is 7.35. The van der Waals surface area contributed by atoms with Crippen LogP contribution >= 0.6 is 0 Å². The molecule has 0 atom stereocenters. The van der Waals surface area contributed by atoms with Crippen molar-refractivity contribution in [2.45, 2.75) is 26.3 Å². The SMILES string of the molecule is COCC(C)(C)Nc1cc(C)c(F)cc1N. The van der Waals surface area contributed by atoms with Crippen LogP contribution in [0.1, 0.15) is 19.4 Å². The first kappa shape index (κ1) is 12.8. The van der Waals surface area contributed by atoms with Gasteiger partial charge in [-0.05, 0) is 38.5 Å². The summed E-state index contributed by atoms with van der Waals surface area (Å²) in [5, 5.41) is 3.24. The molecule has 0 aliphatic heterocycles. The minimum Gasteiger partial charge on any atom is -0.397 e.